The first-order chi connectivity index (χ1) is 7.78. The van der Waals surface area contributed by atoms with Gasteiger partial charge in [-0.25, -0.2) is 0 Å². The van der Waals surface area contributed by atoms with Gasteiger partial charge < -0.3 is 10.1 Å². The molecule has 0 heterocycles. The lowest BCUT2D eigenvalue weighted by molar-refractivity contribution is -0.0261. The summed E-state index contributed by atoms with van der Waals surface area (Å²) in [5, 5.41) is 4.20. The Morgan fingerprint density at radius 2 is 2.00 bits per heavy atom. The van der Waals surface area contributed by atoms with Gasteiger partial charge in [0, 0.05) is 11.1 Å². The molecule has 1 fully saturated rings. The Balaban J connectivity index is 1.67. The van der Waals surface area contributed by atoms with E-state index in [2.05, 4.69) is 12.2 Å². The van der Waals surface area contributed by atoms with Crippen LogP contribution < -0.4 is 5.32 Å². The second kappa shape index (κ2) is 5.67. The van der Waals surface area contributed by atoms with Gasteiger partial charge in [-0.1, -0.05) is 30.7 Å². The van der Waals surface area contributed by atoms with Crippen molar-refractivity contribution in [1.82, 2.24) is 5.32 Å². The van der Waals surface area contributed by atoms with Crippen LogP contribution in [0.5, 0.6) is 0 Å². The molecule has 88 valence electrons. The molecule has 0 spiro atoms. The summed E-state index contributed by atoms with van der Waals surface area (Å²) in [6, 6.07) is 8.51. The Hall–Kier alpha value is -0.570. The molecule has 0 amide bonds. The summed E-state index contributed by atoms with van der Waals surface area (Å²) in [5.41, 5.74) is 1.19. The first-order valence-corrected chi connectivity index (χ1v) is 6.25. The van der Waals surface area contributed by atoms with Crippen LogP contribution in [0.2, 0.25) is 5.02 Å². The fourth-order valence-electron chi connectivity index (χ4n) is 1.95. The minimum Gasteiger partial charge on any atom is -0.373 e. The molecular weight excluding hydrogens is 222 g/mol. The predicted octanol–water partition coefficient (Wildman–Crippen LogP) is 3.00. The summed E-state index contributed by atoms with van der Waals surface area (Å²) >= 11 is 5.82. The maximum absolute atomic E-state index is 5.82. The van der Waals surface area contributed by atoms with Crippen molar-refractivity contribution in [3.63, 3.8) is 0 Å². The summed E-state index contributed by atoms with van der Waals surface area (Å²) in [6.07, 6.45) is 2.71. The van der Waals surface area contributed by atoms with Crippen molar-refractivity contribution in [2.24, 2.45) is 0 Å². The maximum atomic E-state index is 5.82. The zero-order valence-electron chi connectivity index (χ0n) is 9.58. The first-order valence-electron chi connectivity index (χ1n) is 5.87. The Morgan fingerprint density at radius 3 is 2.62 bits per heavy atom. The van der Waals surface area contributed by atoms with Crippen molar-refractivity contribution in [3.8, 4) is 0 Å². The lowest BCUT2D eigenvalue weighted by Gasteiger charge is -2.35. The van der Waals surface area contributed by atoms with Crippen LogP contribution in [0.3, 0.4) is 0 Å². The molecule has 0 unspecified atom stereocenters. The number of nitrogens with one attached hydrogen (secondary N) is 1. The van der Waals surface area contributed by atoms with Crippen LogP contribution in [0.4, 0.5) is 0 Å². The van der Waals surface area contributed by atoms with Gasteiger partial charge in [-0.05, 0) is 37.1 Å². The number of halogens is 1. The molecule has 0 bridgehead atoms. The van der Waals surface area contributed by atoms with Crippen LogP contribution in [0.25, 0.3) is 0 Å². The second-order valence-electron chi connectivity index (χ2n) is 4.29. The average Bonchev–Trinajstić information content (AvgIpc) is 2.24. The van der Waals surface area contributed by atoms with E-state index in [0.717, 1.165) is 24.4 Å². The third kappa shape index (κ3) is 3.21. The minimum atomic E-state index is 0.430. The zero-order valence-corrected chi connectivity index (χ0v) is 10.3. The molecule has 2 rings (SSSR count). The molecular formula is C13H18ClNO. The Bertz CT molecular complexity index is 319. The van der Waals surface area contributed by atoms with Crippen molar-refractivity contribution >= 4 is 11.6 Å². The number of hydrogen-bond donors (Lipinski definition) is 1. The Kier molecular flexibility index (Phi) is 4.22. The van der Waals surface area contributed by atoms with Gasteiger partial charge >= 0.3 is 0 Å². The molecule has 1 N–H and O–H groups in total. The lowest BCUT2D eigenvalue weighted by Crippen LogP contribution is -2.45. The van der Waals surface area contributed by atoms with Crippen LogP contribution in [0.15, 0.2) is 24.3 Å². The predicted molar refractivity (Wildman–Crippen MR) is 66.7 cm³/mol. The van der Waals surface area contributed by atoms with Crippen molar-refractivity contribution in [2.75, 3.05) is 6.54 Å². The highest BCUT2D eigenvalue weighted by molar-refractivity contribution is 6.30. The number of rotatable bonds is 5. The largest absolute Gasteiger partial charge is 0.373 e. The molecule has 0 radical (unpaired) electrons. The van der Waals surface area contributed by atoms with Gasteiger partial charge in [0.2, 0.25) is 0 Å². The molecule has 1 aliphatic carbocycles. The van der Waals surface area contributed by atoms with E-state index in [1.807, 2.05) is 24.3 Å². The molecule has 1 saturated carbocycles. The molecule has 16 heavy (non-hydrogen) atoms. The topological polar surface area (TPSA) is 21.3 Å². The first kappa shape index (κ1) is 11.9. The minimum absolute atomic E-state index is 0.430. The van der Waals surface area contributed by atoms with Crippen LogP contribution in [0, 0.1) is 0 Å². The van der Waals surface area contributed by atoms with Crippen LogP contribution in [-0.4, -0.2) is 18.7 Å². The number of benzene rings is 1. The van der Waals surface area contributed by atoms with E-state index in [1.54, 1.807) is 0 Å². The fraction of sp³-hybridized carbons (Fsp3) is 0.538. The standard InChI is InChI=1S/C13H18ClNO/c1-2-15-12-7-13(8-12)16-9-10-3-5-11(14)6-4-10/h3-6,12-13,15H,2,7-9H2,1H3. The van der Waals surface area contributed by atoms with Gasteiger partial charge in [0.1, 0.15) is 0 Å². The van der Waals surface area contributed by atoms with E-state index >= 15 is 0 Å². The number of ether oxygens (including phenoxy) is 1. The van der Waals surface area contributed by atoms with E-state index in [9.17, 15) is 0 Å². The molecule has 3 heteroatoms. The molecule has 1 aromatic carbocycles. The van der Waals surface area contributed by atoms with Gasteiger partial charge in [-0.3, -0.25) is 0 Å². The van der Waals surface area contributed by atoms with Crippen molar-refractivity contribution in [1.29, 1.82) is 0 Å². The highest BCUT2D eigenvalue weighted by atomic mass is 35.5. The summed E-state index contributed by atoms with van der Waals surface area (Å²) in [4.78, 5) is 0. The summed E-state index contributed by atoms with van der Waals surface area (Å²) < 4.78 is 5.80. The van der Waals surface area contributed by atoms with Crippen LogP contribution in [0.1, 0.15) is 25.3 Å². The van der Waals surface area contributed by atoms with E-state index in [0.29, 0.717) is 18.8 Å². The molecule has 0 saturated heterocycles. The summed E-state index contributed by atoms with van der Waals surface area (Å²) in [7, 11) is 0. The van der Waals surface area contributed by atoms with Crippen LogP contribution in [-0.2, 0) is 11.3 Å². The third-order valence-corrected chi connectivity index (χ3v) is 3.24. The van der Waals surface area contributed by atoms with Gasteiger partial charge in [-0.15, -0.1) is 0 Å². The molecule has 2 nitrogen and oxygen atoms in total. The molecule has 1 aromatic rings. The zero-order chi connectivity index (χ0) is 11.4. The SMILES string of the molecule is CCNC1CC(OCc2ccc(Cl)cc2)C1. The van der Waals surface area contributed by atoms with E-state index < -0.39 is 0 Å². The van der Waals surface area contributed by atoms with Gasteiger partial charge in [0.05, 0.1) is 12.7 Å². The Morgan fingerprint density at radius 1 is 1.31 bits per heavy atom. The molecule has 0 atom stereocenters. The highest BCUT2D eigenvalue weighted by Gasteiger charge is 2.28. The lowest BCUT2D eigenvalue weighted by atomic mass is 9.89. The third-order valence-electron chi connectivity index (χ3n) is 2.99. The van der Waals surface area contributed by atoms with Crippen molar-refractivity contribution in [2.45, 2.75) is 38.5 Å². The van der Waals surface area contributed by atoms with Crippen molar-refractivity contribution < 1.29 is 4.74 Å². The monoisotopic (exact) mass is 239 g/mol. The van der Waals surface area contributed by atoms with E-state index in [-0.39, 0.29) is 0 Å². The Labute approximate surface area is 102 Å². The van der Waals surface area contributed by atoms with Gasteiger partial charge in [-0.2, -0.15) is 0 Å². The number of hydrogen-bond acceptors (Lipinski definition) is 2. The fourth-order valence-corrected chi connectivity index (χ4v) is 2.08. The van der Waals surface area contributed by atoms with E-state index in [4.69, 9.17) is 16.3 Å². The summed E-state index contributed by atoms with van der Waals surface area (Å²) in [6.45, 7) is 3.89. The van der Waals surface area contributed by atoms with Crippen molar-refractivity contribution in [3.05, 3.63) is 34.9 Å². The highest BCUT2D eigenvalue weighted by Crippen LogP contribution is 2.24. The molecule has 0 aliphatic heterocycles. The molecule has 0 aromatic heterocycles. The maximum Gasteiger partial charge on any atom is 0.0720 e. The summed E-state index contributed by atoms with van der Waals surface area (Å²) in [5.74, 6) is 0. The van der Waals surface area contributed by atoms with Gasteiger partial charge in [0.15, 0.2) is 0 Å². The second-order valence-corrected chi connectivity index (χ2v) is 4.72. The quantitative estimate of drug-likeness (QED) is 0.853. The normalized spacial score (nSPS) is 24.1. The smallest absolute Gasteiger partial charge is 0.0720 e. The van der Waals surface area contributed by atoms with Crippen LogP contribution >= 0.6 is 11.6 Å². The van der Waals surface area contributed by atoms with E-state index in [1.165, 1.54) is 5.56 Å². The molecule has 1 aliphatic rings. The average molecular weight is 240 g/mol. The van der Waals surface area contributed by atoms with Gasteiger partial charge in [0.25, 0.3) is 0 Å².